The van der Waals surface area contributed by atoms with Gasteiger partial charge >= 0.3 is 0 Å². The van der Waals surface area contributed by atoms with Gasteiger partial charge in [-0.3, -0.25) is 9.69 Å². The van der Waals surface area contributed by atoms with Crippen molar-refractivity contribution in [2.75, 3.05) is 13.6 Å². The summed E-state index contributed by atoms with van der Waals surface area (Å²) in [5, 5.41) is 0. The van der Waals surface area contributed by atoms with Gasteiger partial charge in [0.1, 0.15) is 11.4 Å². The molecule has 0 bridgehead atoms. The monoisotopic (exact) mass is 209 g/mol. The number of rotatable bonds is 3. The molecule has 0 saturated carbocycles. The number of amides is 1. The minimum absolute atomic E-state index is 0.101. The minimum Gasteiger partial charge on any atom is -0.368 e. The second kappa shape index (κ2) is 3.66. The van der Waals surface area contributed by atoms with Gasteiger partial charge in [-0.1, -0.05) is 0 Å². The number of aromatic amines is 1. The molecule has 0 radical (unpaired) electrons. The molecule has 1 amide bonds. The van der Waals surface area contributed by atoms with Crippen LogP contribution in [0.5, 0.6) is 0 Å². The van der Waals surface area contributed by atoms with E-state index in [1.54, 1.807) is 12.4 Å². The number of H-pyrrole nitrogens is 1. The first-order valence-electron chi connectivity index (χ1n) is 5.72. The summed E-state index contributed by atoms with van der Waals surface area (Å²) < 4.78 is 7.47. The van der Waals surface area contributed by atoms with E-state index >= 15 is 0 Å². The van der Waals surface area contributed by atoms with E-state index < -0.39 is 5.54 Å². The lowest BCUT2D eigenvalue weighted by atomic mass is 9.91. The summed E-state index contributed by atoms with van der Waals surface area (Å²) in [5.41, 5.74) is 4.79. The van der Waals surface area contributed by atoms with Gasteiger partial charge in [0.2, 0.25) is 5.91 Å². The number of nitrogens with one attached hydrogen (secondary N) is 1. The van der Waals surface area contributed by atoms with Crippen LogP contribution in [0.25, 0.3) is 0 Å². The summed E-state index contributed by atoms with van der Waals surface area (Å²) in [7, 11) is 0.101. The Morgan fingerprint density at radius 3 is 3.40 bits per heavy atom. The average Bonchev–Trinajstić information content (AvgIpc) is 2.87. The first-order chi connectivity index (χ1) is 7.69. The van der Waals surface area contributed by atoms with E-state index in [2.05, 4.69) is 9.97 Å². The Morgan fingerprint density at radius 1 is 1.93 bits per heavy atom. The predicted octanol–water partition coefficient (Wildman–Crippen LogP) is -0.0981. The molecule has 15 heavy (non-hydrogen) atoms. The van der Waals surface area contributed by atoms with Crippen LogP contribution in [0.3, 0.4) is 0 Å². The molecule has 0 unspecified atom stereocenters. The lowest BCUT2D eigenvalue weighted by Gasteiger charge is -2.32. The fourth-order valence-electron chi connectivity index (χ4n) is 2.17. The highest BCUT2D eigenvalue weighted by molar-refractivity contribution is 5.85. The van der Waals surface area contributed by atoms with E-state index in [9.17, 15) is 4.79 Å². The molecule has 5 nitrogen and oxygen atoms in total. The van der Waals surface area contributed by atoms with E-state index in [1.807, 2.05) is 4.90 Å². The van der Waals surface area contributed by atoms with Gasteiger partial charge in [-0.25, -0.2) is 4.98 Å². The lowest BCUT2D eigenvalue weighted by Crippen LogP contribution is -2.54. The highest BCUT2D eigenvalue weighted by atomic mass is 16.1. The van der Waals surface area contributed by atoms with Crippen LogP contribution < -0.4 is 5.73 Å². The molecule has 5 heteroatoms. The zero-order chi connectivity index (χ0) is 11.6. The first kappa shape index (κ1) is 8.91. The summed E-state index contributed by atoms with van der Waals surface area (Å²) in [6.45, 7) is 0.757. The van der Waals surface area contributed by atoms with Gasteiger partial charge < -0.3 is 10.7 Å². The van der Waals surface area contributed by atoms with E-state index in [0.29, 0.717) is 12.8 Å². The van der Waals surface area contributed by atoms with Crippen molar-refractivity contribution < 1.29 is 6.17 Å². The molecule has 0 aromatic carbocycles. The van der Waals surface area contributed by atoms with Crippen LogP contribution >= 0.6 is 0 Å². The Morgan fingerprint density at radius 2 is 2.80 bits per heavy atom. The third kappa shape index (κ3) is 1.63. The summed E-state index contributed by atoms with van der Waals surface area (Å²) >= 11 is 0. The van der Waals surface area contributed by atoms with E-state index in [4.69, 9.17) is 7.10 Å². The molecule has 0 aliphatic carbocycles. The molecule has 2 rings (SSSR count). The Bertz CT molecular complexity index is 367. The van der Waals surface area contributed by atoms with Crippen LogP contribution in [0.1, 0.15) is 20.0 Å². The lowest BCUT2D eigenvalue weighted by molar-refractivity contribution is -0.127. The minimum atomic E-state index is -0.723. The molecule has 1 saturated heterocycles. The first-order valence-corrected chi connectivity index (χ1v) is 5.01. The normalized spacial score (nSPS) is 27.9. The summed E-state index contributed by atoms with van der Waals surface area (Å²) in [6.07, 6.45) is 5.46. The Hall–Kier alpha value is -1.36. The molecule has 2 heterocycles. The van der Waals surface area contributed by atoms with Crippen molar-refractivity contribution in [2.24, 2.45) is 5.73 Å². The zero-order valence-electron chi connectivity index (χ0n) is 9.57. The number of nitrogens with zero attached hydrogens (tertiary/aromatic N) is 2. The number of hydrogen-bond acceptors (Lipinski definition) is 3. The molecule has 1 aromatic rings. The smallest absolute Gasteiger partial charge is 0.238 e. The molecule has 1 aliphatic rings. The van der Waals surface area contributed by atoms with Crippen molar-refractivity contribution >= 4 is 5.91 Å². The number of aromatic nitrogens is 2. The second-order valence-electron chi connectivity index (χ2n) is 3.98. The number of hydrogen-bond donors (Lipinski definition) is 2. The maximum atomic E-state index is 11.7. The number of carbonyl (C=O) groups excluding carboxylic acids is 1. The third-order valence-electron chi connectivity index (χ3n) is 3.10. The van der Waals surface area contributed by atoms with Gasteiger partial charge in [0, 0.05) is 20.2 Å². The number of carbonyl (C=O) groups is 1. The van der Waals surface area contributed by atoms with E-state index in [0.717, 1.165) is 18.8 Å². The molecule has 82 valence electrons. The van der Waals surface area contributed by atoms with E-state index in [1.165, 1.54) is 0 Å². The third-order valence-corrected chi connectivity index (χ3v) is 3.10. The Balaban J connectivity index is 2.25. The van der Waals surface area contributed by atoms with Crippen molar-refractivity contribution in [1.82, 2.24) is 14.9 Å². The van der Waals surface area contributed by atoms with Gasteiger partial charge in [0.25, 0.3) is 0 Å². The maximum absolute atomic E-state index is 11.7. The molecular weight excluding hydrogens is 192 g/mol. The van der Waals surface area contributed by atoms with Crippen molar-refractivity contribution in [2.45, 2.75) is 24.8 Å². The van der Waals surface area contributed by atoms with E-state index in [-0.39, 0.29) is 12.9 Å². The molecule has 1 atom stereocenters. The number of primary amides is 1. The van der Waals surface area contributed by atoms with Gasteiger partial charge in [0.15, 0.2) is 0 Å². The van der Waals surface area contributed by atoms with Gasteiger partial charge in [-0.2, -0.15) is 0 Å². The van der Waals surface area contributed by atoms with Gasteiger partial charge in [-0.15, -0.1) is 0 Å². The largest absolute Gasteiger partial charge is 0.368 e. The molecule has 1 aliphatic heterocycles. The van der Waals surface area contributed by atoms with Gasteiger partial charge in [-0.05, 0) is 26.4 Å². The highest BCUT2D eigenvalue weighted by Gasteiger charge is 2.44. The van der Waals surface area contributed by atoms with Gasteiger partial charge in [0.05, 0.1) is 0 Å². The average molecular weight is 209 g/mol. The number of nitrogens with two attached hydrogens (primary N) is 1. The van der Waals surface area contributed by atoms with Crippen LogP contribution in [0, 0.1) is 0 Å². The summed E-state index contributed by atoms with van der Waals surface area (Å²) in [6, 6.07) is 0. The fraction of sp³-hybridized carbons (Fsp3) is 0.600. The standard InChI is InChI=1S/C10H16N4O/c1-14-6-2-3-10(14,9(11)15)7-8-12-4-5-13-8/h4-5H,2-3,6-7H2,1H3,(H2,11,15)(H,12,13)/t10-/m1/s1/i1D. The number of imidazole rings is 1. The quantitative estimate of drug-likeness (QED) is 0.730. The topological polar surface area (TPSA) is 75.0 Å². The van der Waals surface area contributed by atoms with Crippen molar-refractivity contribution in [3.63, 3.8) is 0 Å². The Kier molecular flexibility index (Phi) is 2.17. The van der Waals surface area contributed by atoms with Crippen molar-refractivity contribution in [3.8, 4) is 0 Å². The molecular formula is C10H16N4O. The van der Waals surface area contributed by atoms with Crippen LogP contribution in [0.4, 0.5) is 0 Å². The molecule has 1 aromatic heterocycles. The maximum Gasteiger partial charge on any atom is 0.238 e. The van der Waals surface area contributed by atoms with Crippen LogP contribution in [-0.2, 0) is 11.2 Å². The highest BCUT2D eigenvalue weighted by Crippen LogP contribution is 2.30. The Labute approximate surface area is 90.1 Å². The van der Waals surface area contributed by atoms with Crippen LogP contribution in [-0.4, -0.2) is 39.9 Å². The zero-order valence-corrected chi connectivity index (χ0v) is 8.57. The summed E-state index contributed by atoms with van der Waals surface area (Å²) in [4.78, 5) is 20.6. The molecule has 3 N–H and O–H groups in total. The van der Waals surface area contributed by atoms with Crippen LogP contribution in [0.15, 0.2) is 12.4 Å². The number of likely N-dealkylation sites (N-methyl/N-ethyl adjacent to an activating group) is 1. The second-order valence-corrected chi connectivity index (χ2v) is 3.98. The van der Waals surface area contributed by atoms with Crippen molar-refractivity contribution in [1.29, 1.82) is 0 Å². The molecule has 0 spiro atoms. The number of likely N-dealkylation sites (tertiary alicyclic amines) is 1. The summed E-state index contributed by atoms with van der Waals surface area (Å²) in [5.74, 6) is 0.396. The fourth-order valence-corrected chi connectivity index (χ4v) is 2.17. The molecule has 1 fully saturated rings. The predicted molar refractivity (Wildman–Crippen MR) is 56.1 cm³/mol. The SMILES string of the molecule is [2H]CN1CCC[C@@]1(Cc1ncc[nH]1)C(N)=O. The van der Waals surface area contributed by atoms with Crippen molar-refractivity contribution in [3.05, 3.63) is 18.2 Å². The van der Waals surface area contributed by atoms with Crippen LogP contribution in [0.2, 0.25) is 0 Å².